The van der Waals surface area contributed by atoms with Crippen LogP contribution in [0.4, 0.5) is 4.79 Å². The van der Waals surface area contributed by atoms with Crippen molar-refractivity contribution >= 4 is 17.9 Å². The van der Waals surface area contributed by atoms with E-state index in [0.29, 0.717) is 13.0 Å². The summed E-state index contributed by atoms with van der Waals surface area (Å²) in [5.41, 5.74) is 1.41. The van der Waals surface area contributed by atoms with Crippen LogP contribution in [0.2, 0.25) is 0 Å². The normalized spacial score (nSPS) is 13.6. The van der Waals surface area contributed by atoms with Gasteiger partial charge in [0.25, 0.3) is 0 Å². The molecule has 0 radical (unpaired) electrons. The summed E-state index contributed by atoms with van der Waals surface area (Å²) in [5.74, 6) is -0.388. The minimum atomic E-state index is -0.843. The SMILES string of the molecule is CCCCCNC(=O)C(c1ccc(C)cc1C)N(C(=O)C(CC(C)C)NC(=O)OC(C)(C)C)C(C)(C)C. The molecule has 0 saturated carbocycles. The van der Waals surface area contributed by atoms with E-state index in [9.17, 15) is 14.4 Å². The Hall–Kier alpha value is -2.57. The van der Waals surface area contributed by atoms with Crippen molar-refractivity contribution in [3.8, 4) is 0 Å². The fourth-order valence-corrected chi connectivity index (χ4v) is 4.37. The van der Waals surface area contributed by atoms with Crippen molar-refractivity contribution in [2.75, 3.05) is 6.54 Å². The van der Waals surface area contributed by atoms with Crippen molar-refractivity contribution in [1.82, 2.24) is 15.5 Å². The fraction of sp³-hybridized carbons (Fsp3) is 0.700. The van der Waals surface area contributed by atoms with E-state index in [-0.39, 0.29) is 17.7 Å². The number of carbonyl (C=O) groups excluding carboxylic acids is 3. The van der Waals surface area contributed by atoms with Crippen LogP contribution in [0.25, 0.3) is 0 Å². The van der Waals surface area contributed by atoms with E-state index in [0.717, 1.165) is 36.0 Å². The van der Waals surface area contributed by atoms with Crippen LogP contribution in [-0.2, 0) is 14.3 Å². The zero-order valence-corrected chi connectivity index (χ0v) is 25.1. The van der Waals surface area contributed by atoms with Crippen LogP contribution in [0.1, 0.15) is 111 Å². The minimum absolute atomic E-state index is 0.133. The molecular weight excluding hydrogens is 466 g/mol. The van der Waals surface area contributed by atoms with Gasteiger partial charge in [-0.2, -0.15) is 0 Å². The number of amides is 3. The highest BCUT2D eigenvalue weighted by molar-refractivity contribution is 5.92. The first-order valence-corrected chi connectivity index (χ1v) is 13.7. The minimum Gasteiger partial charge on any atom is -0.444 e. The van der Waals surface area contributed by atoms with Crippen LogP contribution >= 0.6 is 0 Å². The van der Waals surface area contributed by atoms with Crippen molar-refractivity contribution in [1.29, 1.82) is 0 Å². The Bertz CT molecular complexity index is 912. The first-order chi connectivity index (χ1) is 17.0. The molecule has 0 heterocycles. The van der Waals surface area contributed by atoms with Gasteiger partial charge in [-0.25, -0.2) is 4.79 Å². The molecule has 0 aliphatic heterocycles. The molecule has 0 aromatic heterocycles. The topological polar surface area (TPSA) is 87.7 Å². The Morgan fingerprint density at radius 2 is 1.62 bits per heavy atom. The second-order valence-electron chi connectivity index (χ2n) is 12.5. The lowest BCUT2D eigenvalue weighted by Gasteiger charge is -2.43. The number of alkyl carbamates (subject to hydrolysis) is 1. The van der Waals surface area contributed by atoms with Gasteiger partial charge in [0.1, 0.15) is 17.7 Å². The molecule has 0 spiro atoms. The lowest BCUT2D eigenvalue weighted by molar-refractivity contribution is -0.148. The van der Waals surface area contributed by atoms with Gasteiger partial charge >= 0.3 is 6.09 Å². The number of hydrogen-bond acceptors (Lipinski definition) is 4. The second kappa shape index (κ2) is 13.8. The standard InChI is InChI=1S/C30H51N3O4/c1-12-13-14-17-31-26(34)25(23-16-15-21(4)19-22(23)5)33(29(6,7)8)27(35)24(18-20(2)3)32-28(36)37-30(9,10)11/h15-16,19-20,24-25H,12-14,17-18H2,1-11H3,(H,31,34)(H,32,36). The zero-order valence-electron chi connectivity index (χ0n) is 25.1. The highest BCUT2D eigenvalue weighted by Gasteiger charge is 2.42. The second-order valence-corrected chi connectivity index (χ2v) is 12.5. The third kappa shape index (κ3) is 10.7. The monoisotopic (exact) mass is 517 g/mol. The molecule has 0 aliphatic carbocycles. The van der Waals surface area contributed by atoms with E-state index in [1.54, 1.807) is 25.7 Å². The number of benzene rings is 1. The Kier molecular flexibility index (Phi) is 12.1. The fourth-order valence-electron chi connectivity index (χ4n) is 4.37. The Morgan fingerprint density at radius 3 is 2.11 bits per heavy atom. The molecule has 1 aromatic rings. The molecule has 7 heteroatoms. The molecule has 3 amide bonds. The summed E-state index contributed by atoms with van der Waals surface area (Å²) in [5, 5.41) is 5.87. The first kappa shape index (κ1) is 32.5. The third-order valence-electron chi connectivity index (χ3n) is 5.96. The number of carbonyl (C=O) groups is 3. The Morgan fingerprint density at radius 1 is 1.00 bits per heavy atom. The van der Waals surface area contributed by atoms with Gasteiger partial charge in [-0.1, -0.05) is 57.4 Å². The first-order valence-electron chi connectivity index (χ1n) is 13.7. The number of aryl methyl sites for hydroxylation is 2. The van der Waals surface area contributed by atoms with Gasteiger partial charge in [0.2, 0.25) is 11.8 Å². The van der Waals surface area contributed by atoms with Gasteiger partial charge in [0, 0.05) is 12.1 Å². The van der Waals surface area contributed by atoms with Gasteiger partial charge in [0.15, 0.2) is 0 Å². The number of ether oxygens (including phenoxy) is 1. The maximum atomic E-state index is 14.3. The van der Waals surface area contributed by atoms with Gasteiger partial charge in [-0.15, -0.1) is 0 Å². The van der Waals surface area contributed by atoms with E-state index >= 15 is 0 Å². The van der Waals surface area contributed by atoms with Crippen LogP contribution in [0.5, 0.6) is 0 Å². The van der Waals surface area contributed by atoms with E-state index < -0.39 is 29.3 Å². The van der Waals surface area contributed by atoms with Gasteiger partial charge in [-0.05, 0) is 85.3 Å². The van der Waals surface area contributed by atoms with Crippen molar-refractivity contribution in [2.24, 2.45) is 5.92 Å². The van der Waals surface area contributed by atoms with Crippen LogP contribution < -0.4 is 10.6 Å². The Balaban J connectivity index is 3.56. The molecule has 2 N–H and O–H groups in total. The van der Waals surface area contributed by atoms with Crippen molar-refractivity contribution in [3.05, 3.63) is 34.9 Å². The summed E-state index contributed by atoms with van der Waals surface area (Å²) in [6.45, 7) is 21.8. The summed E-state index contributed by atoms with van der Waals surface area (Å²) in [7, 11) is 0. The number of hydrogen-bond donors (Lipinski definition) is 2. The number of unbranched alkanes of at least 4 members (excludes halogenated alkanes) is 2. The predicted octanol–water partition coefficient (Wildman–Crippen LogP) is 6.22. The van der Waals surface area contributed by atoms with Crippen LogP contribution in [0.3, 0.4) is 0 Å². The van der Waals surface area contributed by atoms with Gasteiger partial charge in [-0.3, -0.25) is 9.59 Å². The van der Waals surface area contributed by atoms with Crippen LogP contribution in [0.15, 0.2) is 18.2 Å². The average molecular weight is 518 g/mol. The van der Waals surface area contributed by atoms with E-state index in [1.165, 1.54) is 0 Å². The lowest BCUT2D eigenvalue weighted by Crippen LogP contribution is -2.59. The molecule has 0 bridgehead atoms. The summed E-state index contributed by atoms with van der Waals surface area (Å²) < 4.78 is 5.47. The molecule has 2 atom stereocenters. The summed E-state index contributed by atoms with van der Waals surface area (Å²) in [6, 6.07) is 4.25. The van der Waals surface area contributed by atoms with Crippen LogP contribution in [0, 0.1) is 19.8 Å². The lowest BCUT2D eigenvalue weighted by atomic mass is 9.91. The zero-order chi connectivity index (χ0) is 28.6. The maximum Gasteiger partial charge on any atom is 0.408 e. The van der Waals surface area contributed by atoms with Gasteiger partial charge in [0.05, 0.1) is 0 Å². The number of nitrogens with zero attached hydrogens (tertiary/aromatic N) is 1. The summed E-state index contributed by atoms with van der Waals surface area (Å²) in [4.78, 5) is 42.4. The smallest absolute Gasteiger partial charge is 0.408 e. The molecule has 1 aromatic carbocycles. The molecule has 0 saturated heterocycles. The quantitative estimate of drug-likeness (QED) is 0.341. The molecular formula is C30H51N3O4. The van der Waals surface area contributed by atoms with E-state index in [1.807, 2.05) is 66.7 Å². The number of rotatable bonds is 11. The van der Waals surface area contributed by atoms with Crippen molar-refractivity contribution in [3.63, 3.8) is 0 Å². The molecule has 0 aliphatic rings. The summed E-state index contributed by atoms with van der Waals surface area (Å²) >= 11 is 0. The van der Waals surface area contributed by atoms with E-state index in [4.69, 9.17) is 4.74 Å². The predicted molar refractivity (Wildman–Crippen MR) is 150 cm³/mol. The molecule has 210 valence electrons. The molecule has 2 unspecified atom stereocenters. The maximum absolute atomic E-state index is 14.3. The highest BCUT2D eigenvalue weighted by Crippen LogP contribution is 2.33. The molecule has 0 fully saturated rings. The van der Waals surface area contributed by atoms with Crippen molar-refractivity contribution in [2.45, 2.75) is 125 Å². The van der Waals surface area contributed by atoms with Crippen LogP contribution in [-0.4, -0.2) is 46.5 Å². The third-order valence-corrected chi connectivity index (χ3v) is 5.96. The molecule has 37 heavy (non-hydrogen) atoms. The van der Waals surface area contributed by atoms with Crippen molar-refractivity contribution < 1.29 is 19.1 Å². The average Bonchev–Trinajstić information content (AvgIpc) is 2.72. The number of nitrogens with one attached hydrogen (secondary N) is 2. The largest absolute Gasteiger partial charge is 0.444 e. The summed E-state index contributed by atoms with van der Waals surface area (Å²) in [6.07, 6.45) is 2.72. The van der Waals surface area contributed by atoms with Gasteiger partial charge < -0.3 is 20.3 Å². The Labute approximate surface area is 225 Å². The molecule has 7 nitrogen and oxygen atoms in total. The van der Waals surface area contributed by atoms with E-state index in [2.05, 4.69) is 17.6 Å². The molecule has 1 rings (SSSR count). The highest BCUT2D eigenvalue weighted by atomic mass is 16.6.